The maximum absolute atomic E-state index is 8.88. The largest absolute Gasteiger partial charge is 0.466 e. The van der Waals surface area contributed by atoms with E-state index in [-0.39, 0.29) is 0 Å². The van der Waals surface area contributed by atoms with Crippen molar-refractivity contribution in [3.05, 3.63) is 12.7 Å². The fourth-order valence-electron chi connectivity index (χ4n) is 0.715. The van der Waals surface area contributed by atoms with Crippen molar-refractivity contribution in [2.24, 2.45) is 0 Å². The molecule has 80 valence electrons. The Morgan fingerprint density at radius 1 is 1.23 bits per heavy atom. The van der Waals surface area contributed by atoms with Crippen molar-refractivity contribution < 1.29 is 19.2 Å². The van der Waals surface area contributed by atoms with Gasteiger partial charge < -0.3 is 14.7 Å². The highest BCUT2D eigenvalue weighted by atomic mass is 31.2. The monoisotopic (exact) mass is 210 g/mol. The molecule has 0 aromatic rings. The van der Waals surface area contributed by atoms with Gasteiger partial charge in [0, 0.05) is 0 Å². The summed E-state index contributed by atoms with van der Waals surface area (Å²) in [6, 6.07) is 0. The molecule has 0 heterocycles. The molecule has 4 nitrogen and oxygen atoms in total. The smallest absolute Gasteiger partial charge is 0.303 e. The molecule has 0 spiro atoms. The van der Waals surface area contributed by atoms with Gasteiger partial charge in [-0.1, -0.05) is 32.3 Å². The van der Waals surface area contributed by atoms with Crippen LogP contribution >= 0.6 is 7.82 Å². The van der Waals surface area contributed by atoms with Gasteiger partial charge in [-0.15, -0.1) is 6.58 Å². The molecule has 0 bridgehead atoms. The third-order valence-corrected chi connectivity index (χ3v) is 1.26. The molecule has 0 saturated carbocycles. The average molecular weight is 210 g/mol. The molecule has 0 atom stereocenters. The molecule has 0 unspecified atom stereocenters. The van der Waals surface area contributed by atoms with E-state index < -0.39 is 7.82 Å². The number of hydrogen-bond acceptors (Lipinski definition) is 1. The van der Waals surface area contributed by atoms with Crippen molar-refractivity contribution in [3.63, 3.8) is 0 Å². The normalized spacial score (nSPS) is 10.2. The van der Waals surface area contributed by atoms with Crippen LogP contribution in [0.15, 0.2) is 12.7 Å². The highest BCUT2D eigenvalue weighted by Gasteiger charge is 2.00. The van der Waals surface area contributed by atoms with Gasteiger partial charge in [-0.25, -0.2) is 4.57 Å². The first-order chi connectivity index (χ1) is 5.91. The van der Waals surface area contributed by atoms with Crippen LogP contribution in [-0.4, -0.2) is 14.7 Å². The lowest BCUT2D eigenvalue weighted by atomic mass is 10.2. The van der Waals surface area contributed by atoms with E-state index in [0.717, 1.165) is 0 Å². The zero-order valence-electron chi connectivity index (χ0n) is 8.02. The van der Waals surface area contributed by atoms with Crippen LogP contribution in [0.2, 0.25) is 0 Å². The van der Waals surface area contributed by atoms with Crippen molar-refractivity contribution in [1.29, 1.82) is 0 Å². The Kier molecular flexibility index (Phi) is 11.7. The quantitative estimate of drug-likeness (QED) is 0.369. The Hall–Kier alpha value is -0.150. The highest BCUT2D eigenvalue weighted by molar-refractivity contribution is 7.45. The second-order valence-corrected chi connectivity index (χ2v) is 3.68. The predicted octanol–water partition coefficient (Wildman–Crippen LogP) is 2.21. The average Bonchev–Trinajstić information content (AvgIpc) is 1.95. The lowest BCUT2D eigenvalue weighted by Gasteiger charge is -1.91. The van der Waals surface area contributed by atoms with Gasteiger partial charge in [-0.3, -0.25) is 0 Å². The lowest BCUT2D eigenvalue weighted by Crippen LogP contribution is -1.71. The van der Waals surface area contributed by atoms with E-state index in [2.05, 4.69) is 13.5 Å². The van der Waals surface area contributed by atoms with E-state index in [1.54, 1.807) is 0 Å². The van der Waals surface area contributed by atoms with Crippen LogP contribution in [0.3, 0.4) is 0 Å². The molecule has 0 saturated heterocycles. The van der Waals surface area contributed by atoms with Crippen LogP contribution in [0.1, 0.15) is 39.0 Å². The minimum Gasteiger partial charge on any atom is -0.303 e. The van der Waals surface area contributed by atoms with Crippen molar-refractivity contribution in [3.8, 4) is 0 Å². The van der Waals surface area contributed by atoms with E-state index in [1.807, 2.05) is 6.08 Å². The van der Waals surface area contributed by atoms with Crippen molar-refractivity contribution in [2.75, 3.05) is 0 Å². The third-order valence-electron chi connectivity index (χ3n) is 1.26. The van der Waals surface area contributed by atoms with Gasteiger partial charge in [-0.05, 0) is 12.8 Å². The van der Waals surface area contributed by atoms with Gasteiger partial charge in [0.1, 0.15) is 0 Å². The number of hydrogen-bond donors (Lipinski definition) is 3. The summed E-state index contributed by atoms with van der Waals surface area (Å²) < 4.78 is 8.88. The number of allylic oxidation sites excluding steroid dienone is 1. The summed E-state index contributed by atoms with van der Waals surface area (Å²) in [5, 5.41) is 0. The van der Waals surface area contributed by atoms with Crippen LogP contribution in [-0.2, 0) is 4.57 Å². The minimum absolute atomic E-state index is 1.19. The topological polar surface area (TPSA) is 77.8 Å². The van der Waals surface area contributed by atoms with Crippen LogP contribution < -0.4 is 0 Å². The highest BCUT2D eigenvalue weighted by Crippen LogP contribution is 2.25. The third kappa shape index (κ3) is 48.9. The molecule has 5 heteroatoms. The van der Waals surface area contributed by atoms with E-state index in [0.29, 0.717) is 0 Å². The summed E-state index contributed by atoms with van der Waals surface area (Å²) in [4.78, 5) is 21.6. The van der Waals surface area contributed by atoms with Gasteiger partial charge in [0.2, 0.25) is 0 Å². The molecular formula is C8H19O4P. The number of unbranched alkanes of at least 4 members (excludes halogenated alkanes) is 4. The van der Waals surface area contributed by atoms with E-state index in [4.69, 9.17) is 19.2 Å². The fourth-order valence-corrected chi connectivity index (χ4v) is 0.715. The van der Waals surface area contributed by atoms with Gasteiger partial charge in [0.15, 0.2) is 0 Å². The molecule has 0 aliphatic heterocycles. The van der Waals surface area contributed by atoms with Gasteiger partial charge in [-0.2, -0.15) is 0 Å². The first-order valence-electron chi connectivity index (χ1n) is 4.31. The van der Waals surface area contributed by atoms with Gasteiger partial charge >= 0.3 is 7.82 Å². The first-order valence-corrected chi connectivity index (χ1v) is 5.87. The molecule has 0 aliphatic rings. The summed E-state index contributed by atoms with van der Waals surface area (Å²) in [6.07, 6.45) is 8.61. The van der Waals surface area contributed by atoms with E-state index >= 15 is 0 Å². The molecule has 3 N–H and O–H groups in total. The molecule has 0 aromatic heterocycles. The molecular weight excluding hydrogens is 191 g/mol. The Morgan fingerprint density at radius 3 is 2.00 bits per heavy atom. The van der Waals surface area contributed by atoms with Crippen molar-refractivity contribution in [1.82, 2.24) is 0 Å². The van der Waals surface area contributed by atoms with Crippen LogP contribution in [0, 0.1) is 0 Å². The fraction of sp³-hybridized carbons (Fsp3) is 0.750. The predicted molar refractivity (Wildman–Crippen MR) is 53.2 cm³/mol. The summed E-state index contributed by atoms with van der Waals surface area (Å²) in [5.74, 6) is 0. The lowest BCUT2D eigenvalue weighted by molar-refractivity contribution is 0.275. The Morgan fingerprint density at radius 2 is 1.69 bits per heavy atom. The molecule has 0 amide bonds. The van der Waals surface area contributed by atoms with Crippen molar-refractivity contribution in [2.45, 2.75) is 39.0 Å². The zero-order valence-corrected chi connectivity index (χ0v) is 8.91. The van der Waals surface area contributed by atoms with Crippen LogP contribution in [0.4, 0.5) is 0 Å². The second kappa shape index (κ2) is 9.93. The standard InChI is InChI=1S/C8H16.H3O4P/c1-3-5-7-8-6-4-2;1-5(2,3)4/h3H,1,4-8H2,2H3;(H3,1,2,3,4). The second-order valence-electron chi connectivity index (χ2n) is 2.65. The van der Waals surface area contributed by atoms with Crippen molar-refractivity contribution >= 4 is 7.82 Å². The number of phosphoric acid groups is 1. The van der Waals surface area contributed by atoms with E-state index in [9.17, 15) is 0 Å². The van der Waals surface area contributed by atoms with Crippen LogP contribution in [0.25, 0.3) is 0 Å². The van der Waals surface area contributed by atoms with Gasteiger partial charge in [0.05, 0.1) is 0 Å². The molecule has 13 heavy (non-hydrogen) atoms. The molecule has 0 rings (SSSR count). The SMILES string of the molecule is C=CCCCCCC.O=P(O)(O)O. The van der Waals surface area contributed by atoms with E-state index in [1.165, 1.54) is 32.1 Å². The van der Waals surface area contributed by atoms with Gasteiger partial charge in [0.25, 0.3) is 0 Å². The zero-order chi connectivity index (χ0) is 10.7. The maximum Gasteiger partial charge on any atom is 0.466 e. The first kappa shape index (κ1) is 15.3. The Balaban J connectivity index is 0. The molecule has 0 fully saturated rings. The molecule has 0 aromatic carbocycles. The summed E-state index contributed by atoms with van der Waals surface area (Å²) in [6.45, 7) is 5.89. The summed E-state index contributed by atoms with van der Waals surface area (Å²) in [5.41, 5.74) is 0. The minimum atomic E-state index is -4.64. The molecule has 0 aliphatic carbocycles. The summed E-state index contributed by atoms with van der Waals surface area (Å²) in [7, 11) is -4.64. The number of rotatable bonds is 5. The maximum atomic E-state index is 8.88. The van der Waals surface area contributed by atoms with Crippen LogP contribution in [0.5, 0.6) is 0 Å². The summed E-state index contributed by atoms with van der Waals surface area (Å²) >= 11 is 0. The Labute approximate surface area is 79.5 Å². The molecule has 0 radical (unpaired) electrons. The Bertz CT molecular complexity index is 144.